The van der Waals surface area contributed by atoms with Crippen molar-refractivity contribution in [2.45, 2.75) is 32.1 Å². The summed E-state index contributed by atoms with van der Waals surface area (Å²) in [4.78, 5) is 15.5. The van der Waals surface area contributed by atoms with Crippen LogP contribution in [0, 0.1) is 5.82 Å². The Kier molecular flexibility index (Phi) is 2.86. The number of nitrogens with one attached hydrogen (secondary N) is 1. The molecule has 0 saturated heterocycles. The van der Waals surface area contributed by atoms with Crippen molar-refractivity contribution in [1.82, 2.24) is 4.98 Å². The molecule has 1 aliphatic rings. The molecule has 1 aromatic carbocycles. The quantitative estimate of drug-likeness (QED) is 0.726. The van der Waals surface area contributed by atoms with Gasteiger partial charge in [0.05, 0.1) is 15.9 Å². The molecule has 0 amide bonds. The van der Waals surface area contributed by atoms with Gasteiger partial charge in [-0.3, -0.25) is 4.79 Å². The Morgan fingerprint density at radius 2 is 1.94 bits per heavy atom. The Morgan fingerprint density at radius 3 is 2.78 bits per heavy atom. The van der Waals surface area contributed by atoms with Crippen LogP contribution in [0.4, 0.5) is 4.39 Å². The Balaban J connectivity index is 2.42. The van der Waals surface area contributed by atoms with Crippen molar-refractivity contribution in [3.63, 3.8) is 0 Å². The van der Waals surface area contributed by atoms with Crippen molar-refractivity contribution >= 4 is 22.5 Å². The lowest BCUT2D eigenvalue weighted by Crippen LogP contribution is -2.15. The van der Waals surface area contributed by atoms with Gasteiger partial charge < -0.3 is 4.98 Å². The maximum absolute atomic E-state index is 13.8. The SMILES string of the molecule is O=c1c2c([nH]c3c(Cl)ccc(F)c13)CCCCC2. The van der Waals surface area contributed by atoms with Gasteiger partial charge in [0.15, 0.2) is 5.43 Å². The molecular formula is C14H13ClFNO. The van der Waals surface area contributed by atoms with Gasteiger partial charge in [-0.1, -0.05) is 18.0 Å². The summed E-state index contributed by atoms with van der Waals surface area (Å²) in [7, 11) is 0. The van der Waals surface area contributed by atoms with Crippen molar-refractivity contribution < 1.29 is 4.39 Å². The molecule has 94 valence electrons. The average molecular weight is 266 g/mol. The van der Waals surface area contributed by atoms with E-state index in [9.17, 15) is 9.18 Å². The maximum atomic E-state index is 13.8. The zero-order valence-electron chi connectivity index (χ0n) is 9.85. The average Bonchev–Trinajstić information content (AvgIpc) is 2.59. The highest BCUT2D eigenvalue weighted by Gasteiger charge is 2.17. The molecule has 2 aromatic rings. The molecule has 1 aromatic heterocycles. The van der Waals surface area contributed by atoms with Crippen LogP contribution in [0.5, 0.6) is 0 Å². The second kappa shape index (κ2) is 4.39. The van der Waals surface area contributed by atoms with E-state index in [1.165, 1.54) is 12.1 Å². The molecule has 0 unspecified atom stereocenters. The van der Waals surface area contributed by atoms with Crippen molar-refractivity contribution in [3.8, 4) is 0 Å². The third-order valence-corrected chi connectivity index (χ3v) is 3.91. The second-order valence-corrected chi connectivity index (χ2v) is 5.16. The molecule has 18 heavy (non-hydrogen) atoms. The van der Waals surface area contributed by atoms with Gasteiger partial charge in [-0.25, -0.2) is 4.39 Å². The zero-order valence-corrected chi connectivity index (χ0v) is 10.6. The summed E-state index contributed by atoms with van der Waals surface area (Å²) < 4.78 is 13.8. The summed E-state index contributed by atoms with van der Waals surface area (Å²) in [6.07, 6.45) is 4.72. The molecule has 3 rings (SSSR count). The molecule has 0 spiro atoms. The minimum Gasteiger partial charge on any atom is -0.357 e. The number of aromatic nitrogens is 1. The molecule has 0 atom stereocenters. The third kappa shape index (κ3) is 1.74. The first-order valence-electron chi connectivity index (χ1n) is 6.20. The van der Waals surface area contributed by atoms with Crippen molar-refractivity contribution in [3.05, 3.63) is 44.5 Å². The number of H-pyrrole nitrogens is 1. The van der Waals surface area contributed by atoms with Crippen LogP contribution in [-0.2, 0) is 12.8 Å². The van der Waals surface area contributed by atoms with Crippen LogP contribution in [0.25, 0.3) is 10.9 Å². The molecule has 0 saturated carbocycles. The number of aryl methyl sites for hydroxylation is 1. The standard InChI is InChI=1S/C14H13ClFNO/c15-9-6-7-10(16)12-13(9)17-11-5-3-1-2-4-8(11)14(12)18/h6-7H,1-5H2,(H,17,18). The van der Waals surface area contributed by atoms with Crippen molar-refractivity contribution in [2.24, 2.45) is 0 Å². The molecule has 0 radical (unpaired) electrons. The predicted molar refractivity (Wildman–Crippen MR) is 70.8 cm³/mol. The predicted octanol–water partition coefficient (Wildman–Crippen LogP) is 3.59. The number of fused-ring (bicyclic) bond motifs is 2. The Bertz CT molecular complexity index is 678. The van der Waals surface area contributed by atoms with Crippen LogP contribution in [-0.4, -0.2) is 4.98 Å². The highest BCUT2D eigenvalue weighted by Crippen LogP contribution is 2.25. The van der Waals surface area contributed by atoms with E-state index in [4.69, 9.17) is 11.6 Å². The number of hydrogen-bond donors (Lipinski definition) is 1. The van der Waals surface area contributed by atoms with Crippen LogP contribution in [0.2, 0.25) is 5.02 Å². The number of aromatic amines is 1. The minimum atomic E-state index is -0.498. The zero-order chi connectivity index (χ0) is 12.7. The molecule has 2 nitrogen and oxygen atoms in total. The summed E-state index contributed by atoms with van der Waals surface area (Å²) in [5.74, 6) is -0.498. The summed E-state index contributed by atoms with van der Waals surface area (Å²) in [6, 6.07) is 2.74. The number of pyridine rings is 1. The summed E-state index contributed by atoms with van der Waals surface area (Å²) in [5, 5.41) is 0.499. The fourth-order valence-electron chi connectivity index (χ4n) is 2.67. The first-order chi connectivity index (χ1) is 8.68. The molecule has 4 heteroatoms. The summed E-state index contributed by atoms with van der Waals surface area (Å²) >= 11 is 6.05. The van der Waals surface area contributed by atoms with Crippen LogP contribution < -0.4 is 5.43 Å². The van der Waals surface area contributed by atoms with Gasteiger partial charge in [-0.2, -0.15) is 0 Å². The number of benzene rings is 1. The van der Waals surface area contributed by atoms with E-state index in [2.05, 4.69) is 4.98 Å². The Morgan fingerprint density at radius 1 is 1.17 bits per heavy atom. The molecule has 1 aliphatic carbocycles. The molecule has 0 fully saturated rings. The maximum Gasteiger partial charge on any atom is 0.195 e. The Labute approximate surface area is 109 Å². The Hall–Kier alpha value is -1.35. The van der Waals surface area contributed by atoms with Crippen LogP contribution in [0.15, 0.2) is 16.9 Å². The second-order valence-electron chi connectivity index (χ2n) is 4.75. The largest absolute Gasteiger partial charge is 0.357 e. The molecule has 1 heterocycles. The van der Waals surface area contributed by atoms with E-state index < -0.39 is 5.82 Å². The molecular weight excluding hydrogens is 253 g/mol. The lowest BCUT2D eigenvalue weighted by atomic mass is 10.0. The first kappa shape index (κ1) is 11.7. The van der Waals surface area contributed by atoms with Crippen molar-refractivity contribution in [1.29, 1.82) is 0 Å². The van der Waals surface area contributed by atoms with Crippen LogP contribution in [0.1, 0.15) is 30.5 Å². The lowest BCUT2D eigenvalue weighted by Gasteiger charge is -2.09. The van der Waals surface area contributed by atoms with Gasteiger partial charge in [0.25, 0.3) is 0 Å². The molecule has 0 aliphatic heterocycles. The summed E-state index contributed by atoms with van der Waals surface area (Å²) in [6.45, 7) is 0. The third-order valence-electron chi connectivity index (χ3n) is 3.60. The van der Waals surface area contributed by atoms with E-state index in [0.29, 0.717) is 10.5 Å². The van der Waals surface area contributed by atoms with Gasteiger partial charge in [0.1, 0.15) is 5.82 Å². The minimum absolute atomic E-state index is 0.100. The van der Waals surface area contributed by atoms with Crippen LogP contribution in [0.3, 0.4) is 0 Å². The van der Waals surface area contributed by atoms with Gasteiger partial charge in [-0.15, -0.1) is 0 Å². The van der Waals surface area contributed by atoms with Gasteiger partial charge >= 0.3 is 0 Å². The van der Waals surface area contributed by atoms with E-state index in [1.807, 2.05) is 0 Å². The van der Waals surface area contributed by atoms with Crippen LogP contribution >= 0.6 is 11.6 Å². The van der Waals surface area contributed by atoms with E-state index in [-0.39, 0.29) is 10.8 Å². The topological polar surface area (TPSA) is 32.9 Å². The van der Waals surface area contributed by atoms with Gasteiger partial charge in [0.2, 0.25) is 0 Å². The lowest BCUT2D eigenvalue weighted by molar-refractivity contribution is 0.638. The highest BCUT2D eigenvalue weighted by atomic mass is 35.5. The fraction of sp³-hybridized carbons (Fsp3) is 0.357. The number of hydrogen-bond acceptors (Lipinski definition) is 1. The van der Waals surface area contributed by atoms with Gasteiger partial charge in [-0.05, 0) is 37.8 Å². The first-order valence-corrected chi connectivity index (χ1v) is 6.58. The van der Waals surface area contributed by atoms with E-state index in [1.54, 1.807) is 0 Å². The summed E-state index contributed by atoms with van der Waals surface area (Å²) in [5.41, 5.74) is 1.90. The van der Waals surface area contributed by atoms with E-state index in [0.717, 1.165) is 43.4 Å². The smallest absolute Gasteiger partial charge is 0.195 e. The van der Waals surface area contributed by atoms with Gasteiger partial charge in [0, 0.05) is 11.3 Å². The molecule has 0 bridgehead atoms. The van der Waals surface area contributed by atoms with E-state index >= 15 is 0 Å². The molecule has 1 N–H and O–H groups in total. The highest BCUT2D eigenvalue weighted by molar-refractivity contribution is 6.35. The number of rotatable bonds is 0. The fourth-order valence-corrected chi connectivity index (χ4v) is 2.87. The number of halogens is 2. The monoisotopic (exact) mass is 265 g/mol. The normalized spacial score (nSPS) is 15.4. The van der Waals surface area contributed by atoms with Crippen molar-refractivity contribution in [2.75, 3.05) is 0 Å².